The molecule has 0 bridgehead atoms. The van der Waals surface area contributed by atoms with Gasteiger partial charge < -0.3 is 14.9 Å². The van der Waals surface area contributed by atoms with E-state index in [0.717, 1.165) is 56.6 Å². The molecular formula is C29H36F4N2O3. The third-order valence-corrected chi connectivity index (χ3v) is 6.25. The van der Waals surface area contributed by atoms with Crippen LogP contribution >= 0.6 is 0 Å². The van der Waals surface area contributed by atoms with Gasteiger partial charge in [-0.3, -0.25) is 4.79 Å². The Hall–Kier alpha value is -3.10. The average Bonchev–Trinajstić information content (AvgIpc) is 3.71. The minimum absolute atomic E-state index is 0.0255. The highest BCUT2D eigenvalue weighted by Crippen LogP contribution is 2.29. The number of amides is 1. The van der Waals surface area contributed by atoms with E-state index in [0.29, 0.717) is 25.4 Å². The smallest absolute Gasteiger partial charge is 0.238 e. The van der Waals surface area contributed by atoms with E-state index in [1.54, 1.807) is 12.1 Å². The van der Waals surface area contributed by atoms with Crippen molar-refractivity contribution in [2.45, 2.75) is 77.1 Å². The van der Waals surface area contributed by atoms with E-state index >= 15 is 4.39 Å². The first kappa shape index (κ1) is 29.5. The van der Waals surface area contributed by atoms with Crippen LogP contribution in [0.5, 0.6) is 5.75 Å². The summed E-state index contributed by atoms with van der Waals surface area (Å²) in [6.07, 6.45) is 5.43. The van der Waals surface area contributed by atoms with E-state index in [1.807, 2.05) is 18.2 Å². The van der Waals surface area contributed by atoms with Crippen LogP contribution in [0.2, 0.25) is 0 Å². The van der Waals surface area contributed by atoms with Crippen LogP contribution in [0.15, 0.2) is 47.6 Å². The molecule has 1 aliphatic carbocycles. The van der Waals surface area contributed by atoms with Crippen molar-refractivity contribution in [1.29, 1.82) is 0 Å². The number of nitrogens with one attached hydrogen (secondary N) is 1. The third kappa shape index (κ3) is 10.7. The average molecular weight is 537 g/mol. The van der Waals surface area contributed by atoms with Crippen molar-refractivity contribution in [1.82, 2.24) is 5.32 Å². The second-order valence-electron chi connectivity index (χ2n) is 9.63. The number of rotatable bonds is 17. The number of alkyl halides is 2. The number of benzene rings is 2. The van der Waals surface area contributed by atoms with Crippen molar-refractivity contribution in [2.24, 2.45) is 11.1 Å². The van der Waals surface area contributed by atoms with Crippen molar-refractivity contribution in [3.63, 3.8) is 0 Å². The van der Waals surface area contributed by atoms with Crippen LogP contribution in [-0.4, -0.2) is 31.4 Å². The third-order valence-electron chi connectivity index (χ3n) is 6.25. The van der Waals surface area contributed by atoms with Crippen molar-refractivity contribution >= 4 is 11.7 Å². The molecular weight excluding hydrogens is 500 g/mol. The lowest BCUT2D eigenvalue weighted by atomic mass is 10.1. The number of carbonyl (C=O) groups is 1. The minimum atomic E-state index is -2.24. The van der Waals surface area contributed by atoms with Crippen molar-refractivity contribution in [3.8, 4) is 5.75 Å². The molecule has 0 radical (unpaired) electrons. The molecule has 1 fully saturated rings. The molecule has 2 aromatic carbocycles. The zero-order chi connectivity index (χ0) is 27.2. The fourth-order valence-electron chi connectivity index (χ4n) is 3.92. The van der Waals surface area contributed by atoms with Gasteiger partial charge in [-0.15, -0.1) is 0 Å². The summed E-state index contributed by atoms with van der Waals surface area (Å²) >= 11 is 0. The summed E-state index contributed by atoms with van der Waals surface area (Å²) in [6, 6.07) is 11.3. The lowest BCUT2D eigenvalue weighted by Crippen LogP contribution is -2.34. The van der Waals surface area contributed by atoms with E-state index < -0.39 is 24.0 Å². The molecule has 1 amide bonds. The summed E-state index contributed by atoms with van der Waals surface area (Å²) in [5.74, 6) is -2.52. The van der Waals surface area contributed by atoms with Gasteiger partial charge in [-0.2, -0.15) is 0 Å². The van der Waals surface area contributed by atoms with Gasteiger partial charge in [0.25, 0.3) is 0 Å². The largest absolute Gasteiger partial charge is 0.493 e. The summed E-state index contributed by atoms with van der Waals surface area (Å²) in [6.45, 7) is 0.588. The summed E-state index contributed by atoms with van der Waals surface area (Å²) < 4.78 is 59.4. The SMILES string of the molecule is O=C(Cc1ccccc1)NC(=NOCC1CC1)c1c(OCCCCCCCCCC(F)F)ccc(F)c1F. The quantitative estimate of drug-likeness (QED) is 0.0766. The predicted octanol–water partition coefficient (Wildman–Crippen LogP) is 7.18. The van der Waals surface area contributed by atoms with E-state index in [9.17, 15) is 18.0 Å². The van der Waals surface area contributed by atoms with Gasteiger partial charge in [0.2, 0.25) is 12.3 Å². The number of oxime groups is 1. The zero-order valence-corrected chi connectivity index (χ0v) is 21.6. The van der Waals surface area contributed by atoms with Crippen LogP contribution in [0.3, 0.4) is 0 Å². The normalized spacial score (nSPS) is 13.6. The molecule has 1 aliphatic rings. The maximum Gasteiger partial charge on any atom is 0.238 e. The van der Waals surface area contributed by atoms with Crippen LogP contribution in [0.25, 0.3) is 0 Å². The molecule has 0 spiro atoms. The molecule has 0 saturated heterocycles. The van der Waals surface area contributed by atoms with Gasteiger partial charge in [0.05, 0.1) is 13.0 Å². The van der Waals surface area contributed by atoms with Gasteiger partial charge in [0.15, 0.2) is 17.5 Å². The van der Waals surface area contributed by atoms with E-state index in [4.69, 9.17) is 9.57 Å². The maximum atomic E-state index is 15.0. The van der Waals surface area contributed by atoms with Gasteiger partial charge in [-0.1, -0.05) is 67.6 Å². The monoisotopic (exact) mass is 536 g/mol. The fraction of sp³-hybridized carbons (Fsp3) is 0.517. The first-order chi connectivity index (χ1) is 18.4. The molecule has 0 aliphatic heterocycles. The Morgan fingerprint density at radius 3 is 2.32 bits per heavy atom. The highest BCUT2D eigenvalue weighted by atomic mass is 19.3. The zero-order valence-electron chi connectivity index (χ0n) is 21.6. The maximum absolute atomic E-state index is 15.0. The van der Waals surface area contributed by atoms with Crippen molar-refractivity contribution < 1.29 is 31.9 Å². The predicted molar refractivity (Wildman–Crippen MR) is 138 cm³/mol. The lowest BCUT2D eigenvalue weighted by Gasteiger charge is -2.15. The van der Waals surface area contributed by atoms with E-state index in [2.05, 4.69) is 10.5 Å². The lowest BCUT2D eigenvalue weighted by molar-refractivity contribution is -0.119. The first-order valence-electron chi connectivity index (χ1n) is 13.4. The van der Waals surface area contributed by atoms with Gasteiger partial charge >= 0.3 is 0 Å². The molecule has 1 N–H and O–H groups in total. The second kappa shape index (κ2) is 16.0. The molecule has 0 heterocycles. The molecule has 9 heteroatoms. The molecule has 3 rings (SSSR count). The van der Waals surface area contributed by atoms with Crippen LogP contribution in [0.4, 0.5) is 17.6 Å². The van der Waals surface area contributed by atoms with Gasteiger partial charge in [0.1, 0.15) is 17.9 Å². The standard InChI is InChI=1S/C29H36F4N2O3/c30-23-16-17-24(37-18-10-5-3-1-2-4-9-13-25(31)32)27(28(23)33)29(35-38-20-22-14-15-22)34-26(36)19-21-11-7-6-8-12-21/h6-8,11-12,16-17,22,25H,1-5,9-10,13-15,18-20H2,(H,34,35,36). The highest BCUT2D eigenvalue weighted by Gasteiger charge is 2.25. The Kier molecular flexibility index (Phi) is 12.4. The van der Waals surface area contributed by atoms with Gasteiger partial charge in [-0.25, -0.2) is 17.6 Å². The number of nitrogens with zero attached hydrogens (tertiary/aromatic N) is 1. The van der Waals surface area contributed by atoms with Crippen LogP contribution in [0, 0.1) is 17.6 Å². The Balaban J connectivity index is 1.59. The molecule has 38 heavy (non-hydrogen) atoms. The Morgan fingerprint density at radius 1 is 0.947 bits per heavy atom. The topological polar surface area (TPSA) is 59.9 Å². The van der Waals surface area contributed by atoms with Crippen molar-refractivity contribution in [3.05, 3.63) is 65.2 Å². The fourth-order valence-corrected chi connectivity index (χ4v) is 3.92. The Morgan fingerprint density at radius 2 is 1.63 bits per heavy atom. The van der Waals surface area contributed by atoms with E-state index in [1.165, 1.54) is 6.07 Å². The number of amidine groups is 1. The molecule has 0 atom stereocenters. The molecule has 0 unspecified atom stereocenters. The first-order valence-corrected chi connectivity index (χ1v) is 13.4. The molecule has 5 nitrogen and oxygen atoms in total. The van der Waals surface area contributed by atoms with Gasteiger partial charge in [-0.05, 0) is 49.3 Å². The van der Waals surface area contributed by atoms with Crippen LogP contribution in [0.1, 0.15) is 75.3 Å². The van der Waals surface area contributed by atoms with Crippen LogP contribution < -0.4 is 10.1 Å². The summed E-state index contributed by atoms with van der Waals surface area (Å²) in [4.78, 5) is 18.1. The van der Waals surface area contributed by atoms with Gasteiger partial charge in [0, 0.05) is 6.42 Å². The number of halogens is 4. The number of unbranched alkanes of at least 4 members (excludes halogenated alkanes) is 6. The Labute approximate surface area is 221 Å². The van der Waals surface area contributed by atoms with E-state index in [-0.39, 0.29) is 36.6 Å². The summed E-state index contributed by atoms with van der Waals surface area (Å²) in [5, 5.41) is 6.55. The summed E-state index contributed by atoms with van der Waals surface area (Å²) in [7, 11) is 0. The molecule has 1 saturated carbocycles. The number of hydrogen-bond donors (Lipinski definition) is 1. The Bertz CT molecular complexity index is 1030. The minimum Gasteiger partial charge on any atom is -0.493 e. The molecule has 0 aromatic heterocycles. The number of ether oxygens (including phenoxy) is 1. The number of carbonyl (C=O) groups excluding carboxylic acids is 1. The van der Waals surface area contributed by atoms with Crippen LogP contribution in [-0.2, 0) is 16.1 Å². The highest BCUT2D eigenvalue weighted by molar-refractivity contribution is 6.09. The second-order valence-corrected chi connectivity index (χ2v) is 9.63. The number of hydrogen-bond acceptors (Lipinski definition) is 4. The van der Waals surface area contributed by atoms with Crippen molar-refractivity contribution in [2.75, 3.05) is 13.2 Å². The summed E-state index contributed by atoms with van der Waals surface area (Å²) in [5.41, 5.74) is 0.467. The molecule has 208 valence electrons. The molecule has 2 aromatic rings.